The van der Waals surface area contributed by atoms with Crippen molar-refractivity contribution in [2.45, 2.75) is 26.3 Å². The van der Waals surface area contributed by atoms with Crippen molar-refractivity contribution >= 4 is 11.7 Å². The number of hydrogen-bond acceptors (Lipinski definition) is 4. The molecule has 0 radical (unpaired) electrons. The first-order chi connectivity index (χ1) is 9.52. The molecule has 1 aromatic carbocycles. The predicted octanol–water partition coefficient (Wildman–Crippen LogP) is 2.52. The third kappa shape index (κ3) is 3.33. The van der Waals surface area contributed by atoms with E-state index in [2.05, 4.69) is 4.90 Å². The molecule has 1 aliphatic carbocycles. The Labute approximate surface area is 117 Å². The number of benzene rings is 1. The molecule has 6 nitrogen and oxygen atoms in total. The molecule has 108 valence electrons. The first kappa shape index (κ1) is 14.5. The molecule has 6 heteroatoms. The first-order valence-electron chi connectivity index (χ1n) is 6.74. The summed E-state index contributed by atoms with van der Waals surface area (Å²) in [5.74, 6) is -0.545. The van der Waals surface area contributed by atoms with Crippen LogP contribution in [0.1, 0.15) is 35.7 Å². The number of carboxylic acid groups (broad SMARTS) is 1. The summed E-state index contributed by atoms with van der Waals surface area (Å²) < 4.78 is 0. The Morgan fingerprint density at radius 2 is 2.20 bits per heavy atom. The standard InChI is InChI=1S/C14H18N2O4/c1-2-15(8-10-6-7-10)9-11-4-3-5-12(16(19)20)13(11)14(17)18/h3-5,10H,2,6-9H2,1H3,(H,17,18). The van der Waals surface area contributed by atoms with E-state index >= 15 is 0 Å². The third-order valence-corrected chi connectivity index (χ3v) is 3.59. The molecule has 0 spiro atoms. The summed E-state index contributed by atoms with van der Waals surface area (Å²) in [4.78, 5) is 23.8. The van der Waals surface area contributed by atoms with Gasteiger partial charge in [-0.15, -0.1) is 0 Å². The molecule has 1 aliphatic rings. The second kappa shape index (κ2) is 6.00. The van der Waals surface area contributed by atoms with Crippen LogP contribution in [0, 0.1) is 16.0 Å². The topological polar surface area (TPSA) is 83.7 Å². The van der Waals surface area contributed by atoms with Gasteiger partial charge in [0, 0.05) is 19.2 Å². The Hall–Kier alpha value is -1.95. The lowest BCUT2D eigenvalue weighted by atomic mass is 10.0. The van der Waals surface area contributed by atoms with Crippen LogP contribution in [0.2, 0.25) is 0 Å². The summed E-state index contributed by atoms with van der Waals surface area (Å²) in [5.41, 5.74) is -0.0154. The molecule has 1 aromatic rings. The predicted molar refractivity (Wildman–Crippen MR) is 73.7 cm³/mol. The molecule has 1 fully saturated rings. The fourth-order valence-corrected chi connectivity index (χ4v) is 2.33. The molecule has 20 heavy (non-hydrogen) atoms. The normalized spacial score (nSPS) is 14.5. The Bertz CT molecular complexity index is 526. The summed E-state index contributed by atoms with van der Waals surface area (Å²) in [5, 5.41) is 20.2. The molecule has 0 unspecified atom stereocenters. The highest BCUT2D eigenvalue weighted by Gasteiger charge is 2.27. The summed E-state index contributed by atoms with van der Waals surface area (Å²) in [6.07, 6.45) is 2.44. The highest BCUT2D eigenvalue weighted by atomic mass is 16.6. The molecule has 0 aliphatic heterocycles. The third-order valence-electron chi connectivity index (χ3n) is 3.59. The van der Waals surface area contributed by atoms with E-state index in [1.165, 1.54) is 18.9 Å². The highest BCUT2D eigenvalue weighted by molar-refractivity contribution is 5.94. The van der Waals surface area contributed by atoms with Crippen LogP contribution in [0.5, 0.6) is 0 Å². The van der Waals surface area contributed by atoms with E-state index in [0.29, 0.717) is 18.0 Å². The van der Waals surface area contributed by atoms with Crippen molar-refractivity contribution in [3.63, 3.8) is 0 Å². The molecule has 1 N–H and O–H groups in total. The molecule has 0 atom stereocenters. The fraction of sp³-hybridized carbons (Fsp3) is 0.500. The van der Waals surface area contributed by atoms with Crippen molar-refractivity contribution in [1.82, 2.24) is 4.90 Å². The fourth-order valence-electron chi connectivity index (χ4n) is 2.33. The van der Waals surface area contributed by atoms with Gasteiger partial charge < -0.3 is 5.11 Å². The van der Waals surface area contributed by atoms with Crippen LogP contribution in [0.4, 0.5) is 5.69 Å². The maximum absolute atomic E-state index is 11.3. The lowest BCUT2D eigenvalue weighted by Gasteiger charge is -2.21. The zero-order valence-corrected chi connectivity index (χ0v) is 11.4. The van der Waals surface area contributed by atoms with Crippen molar-refractivity contribution in [1.29, 1.82) is 0 Å². The monoisotopic (exact) mass is 278 g/mol. The number of nitro benzene ring substituents is 1. The van der Waals surface area contributed by atoms with Crippen LogP contribution in [0.15, 0.2) is 18.2 Å². The van der Waals surface area contributed by atoms with E-state index in [4.69, 9.17) is 0 Å². The van der Waals surface area contributed by atoms with Gasteiger partial charge in [-0.05, 0) is 30.9 Å². The zero-order chi connectivity index (χ0) is 14.7. The smallest absolute Gasteiger partial charge is 0.343 e. The van der Waals surface area contributed by atoms with Crippen molar-refractivity contribution in [3.8, 4) is 0 Å². The quantitative estimate of drug-likeness (QED) is 0.612. The average Bonchev–Trinajstić information content (AvgIpc) is 3.21. The Balaban J connectivity index is 2.27. The lowest BCUT2D eigenvalue weighted by molar-refractivity contribution is -0.385. The molecular formula is C14H18N2O4. The van der Waals surface area contributed by atoms with Gasteiger partial charge in [0.2, 0.25) is 0 Å². The van der Waals surface area contributed by atoms with Crippen LogP contribution in [-0.4, -0.2) is 34.0 Å². The number of carbonyl (C=O) groups is 1. The second-order valence-electron chi connectivity index (χ2n) is 5.14. The Morgan fingerprint density at radius 3 is 2.70 bits per heavy atom. The first-order valence-corrected chi connectivity index (χ1v) is 6.74. The number of rotatable bonds is 7. The highest BCUT2D eigenvalue weighted by Crippen LogP contribution is 2.31. The Morgan fingerprint density at radius 1 is 1.50 bits per heavy atom. The molecule has 1 saturated carbocycles. The number of nitrogens with zero attached hydrogens (tertiary/aromatic N) is 2. The number of carboxylic acids is 1. The minimum Gasteiger partial charge on any atom is -0.477 e. The maximum atomic E-state index is 11.3. The molecule has 0 amide bonds. The summed E-state index contributed by atoms with van der Waals surface area (Å²) in [6, 6.07) is 4.45. The van der Waals surface area contributed by atoms with E-state index in [1.54, 1.807) is 12.1 Å². The number of hydrogen-bond donors (Lipinski definition) is 1. The van der Waals surface area contributed by atoms with Crippen molar-refractivity contribution in [3.05, 3.63) is 39.4 Å². The van der Waals surface area contributed by atoms with Crippen molar-refractivity contribution in [2.75, 3.05) is 13.1 Å². The van der Waals surface area contributed by atoms with Gasteiger partial charge in [0.1, 0.15) is 5.56 Å². The van der Waals surface area contributed by atoms with E-state index in [0.717, 1.165) is 13.1 Å². The van der Waals surface area contributed by atoms with Gasteiger partial charge in [-0.1, -0.05) is 19.1 Å². The molecule has 0 bridgehead atoms. The molecule has 0 heterocycles. The van der Waals surface area contributed by atoms with E-state index in [-0.39, 0.29) is 11.3 Å². The summed E-state index contributed by atoms with van der Waals surface area (Å²) in [6.45, 7) is 4.19. The Kier molecular flexibility index (Phi) is 4.34. The van der Waals surface area contributed by atoms with Gasteiger partial charge in [0.05, 0.1) is 4.92 Å². The van der Waals surface area contributed by atoms with Gasteiger partial charge >= 0.3 is 5.97 Å². The summed E-state index contributed by atoms with van der Waals surface area (Å²) in [7, 11) is 0. The minimum absolute atomic E-state index is 0.188. The maximum Gasteiger partial charge on any atom is 0.343 e. The lowest BCUT2D eigenvalue weighted by Crippen LogP contribution is -2.26. The number of nitro groups is 1. The van der Waals surface area contributed by atoms with Gasteiger partial charge in [0.25, 0.3) is 5.69 Å². The molecule has 0 saturated heterocycles. The van der Waals surface area contributed by atoms with Crippen LogP contribution in [-0.2, 0) is 6.54 Å². The van der Waals surface area contributed by atoms with Crippen LogP contribution < -0.4 is 0 Å². The zero-order valence-electron chi connectivity index (χ0n) is 11.4. The SMILES string of the molecule is CCN(Cc1cccc([N+](=O)[O-])c1C(=O)O)CC1CC1. The second-order valence-corrected chi connectivity index (χ2v) is 5.14. The van der Waals surface area contributed by atoms with Crippen LogP contribution in [0.25, 0.3) is 0 Å². The van der Waals surface area contributed by atoms with Crippen LogP contribution in [0.3, 0.4) is 0 Å². The molecular weight excluding hydrogens is 260 g/mol. The van der Waals surface area contributed by atoms with E-state index < -0.39 is 10.9 Å². The van der Waals surface area contributed by atoms with Crippen LogP contribution >= 0.6 is 0 Å². The summed E-state index contributed by atoms with van der Waals surface area (Å²) >= 11 is 0. The average molecular weight is 278 g/mol. The number of aromatic carboxylic acids is 1. The van der Waals surface area contributed by atoms with E-state index in [1.807, 2.05) is 6.92 Å². The van der Waals surface area contributed by atoms with Gasteiger partial charge in [0.15, 0.2) is 0 Å². The molecule has 2 rings (SSSR count). The van der Waals surface area contributed by atoms with Gasteiger partial charge in [-0.3, -0.25) is 15.0 Å². The van der Waals surface area contributed by atoms with Crippen molar-refractivity contribution < 1.29 is 14.8 Å². The largest absolute Gasteiger partial charge is 0.477 e. The van der Waals surface area contributed by atoms with Crippen molar-refractivity contribution in [2.24, 2.45) is 5.92 Å². The van der Waals surface area contributed by atoms with E-state index in [9.17, 15) is 20.0 Å². The van der Waals surface area contributed by atoms with Gasteiger partial charge in [-0.25, -0.2) is 4.79 Å². The van der Waals surface area contributed by atoms with Gasteiger partial charge in [-0.2, -0.15) is 0 Å². The minimum atomic E-state index is -1.24. The molecule has 0 aromatic heterocycles.